The quantitative estimate of drug-likeness (QED) is 0.218. The molecule has 0 bridgehead atoms. The van der Waals surface area contributed by atoms with Gasteiger partial charge in [0.15, 0.2) is 11.3 Å². The number of anilines is 2. The van der Waals surface area contributed by atoms with Crippen molar-refractivity contribution in [1.82, 2.24) is 75.4 Å². The minimum absolute atomic E-state index is 0.421. The molecule has 3 N–H and O–H groups in total. The lowest BCUT2D eigenvalue weighted by Gasteiger charge is -2.61. The number of piperidine rings is 1. The molecule has 18 nitrogen and oxygen atoms in total. The Balaban J connectivity index is 1.38. The predicted molar refractivity (Wildman–Crippen MR) is 194 cm³/mol. The van der Waals surface area contributed by atoms with E-state index in [9.17, 15) is 0 Å². The zero-order valence-corrected chi connectivity index (χ0v) is 29.2. The van der Waals surface area contributed by atoms with E-state index in [-0.39, 0.29) is 0 Å². The lowest BCUT2D eigenvalue weighted by Crippen LogP contribution is -2.83. The molecule has 5 aliphatic rings. The zero-order valence-electron chi connectivity index (χ0n) is 29.2. The minimum Gasteiger partial charge on any atom is -0.492 e. The summed E-state index contributed by atoms with van der Waals surface area (Å²) in [6.07, 6.45) is 25.4. The summed E-state index contributed by atoms with van der Waals surface area (Å²) in [5, 5.41) is 10.4. The lowest BCUT2D eigenvalue weighted by molar-refractivity contribution is -0.180. The van der Waals surface area contributed by atoms with Gasteiger partial charge >= 0.3 is 0 Å². The van der Waals surface area contributed by atoms with Crippen LogP contribution in [-0.4, -0.2) is 135 Å². The van der Waals surface area contributed by atoms with Gasteiger partial charge in [-0.2, -0.15) is 9.97 Å². The first-order chi connectivity index (χ1) is 26.3. The fourth-order valence-corrected chi connectivity index (χ4v) is 9.18. The van der Waals surface area contributed by atoms with Crippen molar-refractivity contribution < 1.29 is 4.74 Å². The highest BCUT2D eigenvalue weighted by Gasteiger charge is 2.79. The third-order valence-corrected chi connectivity index (χ3v) is 11.1. The number of H-pyrrole nitrogens is 1. The Kier molecular flexibility index (Phi) is 8.12. The average molecular weight is 716 g/mol. The van der Waals surface area contributed by atoms with Gasteiger partial charge in [0.05, 0.1) is 36.9 Å². The van der Waals surface area contributed by atoms with Gasteiger partial charge in [0.2, 0.25) is 17.7 Å². The maximum atomic E-state index is 6.73. The first-order valence-electron chi connectivity index (χ1n) is 18.5. The summed E-state index contributed by atoms with van der Waals surface area (Å²) in [5.74, 6) is -0.241. The number of aromatic amines is 1. The molecule has 0 aliphatic carbocycles. The Morgan fingerprint density at radius 2 is 1.57 bits per heavy atom. The smallest absolute Gasteiger partial charge is 0.249 e. The van der Waals surface area contributed by atoms with Crippen LogP contribution >= 0.6 is 0 Å². The normalized spacial score (nSPS) is 28.7. The predicted octanol–water partition coefficient (Wildman–Crippen LogP) is 1.11. The molecule has 5 aromatic heterocycles. The fraction of sp³-hybridized carbons (Fsp3) is 0.457. The number of rotatable bonds is 7. The van der Waals surface area contributed by atoms with Gasteiger partial charge in [-0.25, -0.2) is 39.9 Å². The maximum Gasteiger partial charge on any atom is 0.249 e. The van der Waals surface area contributed by atoms with Crippen molar-refractivity contribution in [2.75, 3.05) is 62.4 Å². The van der Waals surface area contributed by atoms with Crippen molar-refractivity contribution >= 4 is 34.2 Å². The van der Waals surface area contributed by atoms with Crippen LogP contribution in [0.3, 0.4) is 0 Å². The number of nitrogens with zero attached hydrogens (tertiary/aromatic N) is 14. The monoisotopic (exact) mass is 715 g/mol. The topological polar surface area (TPSA) is 181 Å². The SMILES string of the molecule is C1=COC(C2N(c3ncc4[nH]cnc4n3)N(c3ncc4nccnc4n3)C(N3CCCCC3)(N3CCCN3)C2(c2cnccn2)N2CCNCC2)C=C1. The summed E-state index contributed by atoms with van der Waals surface area (Å²) < 4.78 is 6.73. The number of imidazole rings is 1. The van der Waals surface area contributed by atoms with E-state index >= 15 is 0 Å². The second-order valence-corrected chi connectivity index (χ2v) is 13.9. The van der Waals surface area contributed by atoms with Crippen molar-refractivity contribution in [3.05, 3.63) is 79.9 Å². The second-order valence-electron chi connectivity index (χ2n) is 13.9. The van der Waals surface area contributed by atoms with Crippen LogP contribution in [0.4, 0.5) is 11.9 Å². The summed E-state index contributed by atoms with van der Waals surface area (Å²) in [6, 6.07) is -0.555. The van der Waals surface area contributed by atoms with E-state index in [4.69, 9.17) is 34.6 Å². The van der Waals surface area contributed by atoms with Crippen LogP contribution in [-0.2, 0) is 10.3 Å². The van der Waals surface area contributed by atoms with Gasteiger partial charge in [-0.3, -0.25) is 25.2 Å². The van der Waals surface area contributed by atoms with Gasteiger partial charge in [-0.1, -0.05) is 12.5 Å². The van der Waals surface area contributed by atoms with Crippen molar-refractivity contribution in [2.45, 2.75) is 49.2 Å². The van der Waals surface area contributed by atoms with Gasteiger partial charge in [0, 0.05) is 77.1 Å². The highest BCUT2D eigenvalue weighted by molar-refractivity contribution is 5.73. The van der Waals surface area contributed by atoms with Gasteiger partial charge < -0.3 is 15.0 Å². The van der Waals surface area contributed by atoms with E-state index in [0.717, 1.165) is 89.3 Å². The third-order valence-electron chi connectivity index (χ3n) is 11.1. The molecule has 4 unspecified atom stereocenters. The van der Waals surface area contributed by atoms with Crippen LogP contribution in [0.15, 0.2) is 74.2 Å². The Morgan fingerprint density at radius 3 is 2.38 bits per heavy atom. The number of allylic oxidation sites excluding steroid dienone is 2. The van der Waals surface area contributed by atoms with Crippen molar-refractivity contribution in [2.24, 2.45) is 0 Å². The molecular weight excluding hydrogens is 675 g/mol. The number of hydrogen-bond acceptors (Lipinski definition) is 17. The summed E-state index contributed by atoms with van der Waals surface area (Å²) in [7, 11) is 0. The molecule has 4 atom stereocenters. The highest BCUT2D eigenvalue weighted by Crippen LogP contribution is 2.59. The first-order valence-corrected chi connectivity index (χ1v) is 18.5. The van der Waals surface area contributed by atoms with Gasteiger partial charge in [-0.05, 0) is 31.4 Å². The molecule has 10 rings (SSSR count). The van der Waals surface area contributed by atoms with Crippen LogP contribution in [0.25, 0.3) is 22.3 Å². The summed E-state index contributed by atoms with van der Waals surface area (Å²) in [4.78, 5) is 52.8. The Hall–Kier alpha value is -5.27. The first kappa shape index (κ1) is 32.4. The number of nitrogens with one attached hydrogen (secondary N) is 3. The van der Waals surface area contributed by atoms with Gasteiger partial charge in [0.25, 0.3) is 0 Å². The largest absolute Gasteiger partial charge is 0.492 e. The highest BCUT2D eigenvalue weighted by atomic mass is 16.5. The van der Waals surface area contributed by atoms with Gasteiger partial charge in [-0.15, -0.1) is 0 Å². The molecule has 272 valence electrons. The van der Waals surface area contributed by atoms with Crippen molar-refractivity contribution in [1.29, 1.82) is 0 Å². The van der Waals surface area contributed by atoms with Crippen LogP contribution < -0.4 is 20.8 Å². The molecule has 5 aromatic rings. The number of hydrogen-bond donors (Lipinski definition) is 3. The summed E-state index contributed by atoms with van der Waals surface area (Å²) in [5.41, 5.74) is 6.02. The van der Waals surface area contributed by atoms with E-state index in [0.29, 0.717) is 28.7 Å². The lowest BCUT2D eigenvalue weighted by atomic mass is 9.74. The number of aromatic nitrogens is 10. The van der Waals surface area contributed by atoms with E-state index < -0.39 is 23.5 Å². The van der Waals surface area contributed by atoms with Crippen molar-refractivity contribution in [3.63, 3.8) is 0 Å². The van der Waals surface area contributed by atoms with E-state index in [2.05, 4.69) is 61.6 Å². The van der Waals surface area contributed by atoms with E-state index in [1.807, 2.05) is 18.3 Å². The molecular formula is C35H41N17O. The molecule has 53 heavy (non-hydrogen) atoms. The van der Waals surface area contributed by atoms with Crippen LogP contribution in [0.2, 0.25) is 0 Å². The number of hydrazine groups is 2. The molecule has 10 heterocycles. The van der Waals surface area contributed by atoms with Crippen LogP contribution in [0.1, 0.15) is 31.4 Å². The molecule has 0 saturated carbocycles. The Bertz CT molecular complexity index is 2130. The second kappa shape index (κ2) is 13.3. The molecule has 4 saturated heterocycles. The Labute approximate surface area is 305 Å². The fourth-order valence-electron chi connectivity index (χ4n) is 9.18. The standard InChI is InChI=1S/C35H41N17O/c1-3-15-49(16-4-1)35(50-17-6-8-45-50)34(28-23-37-9-10-39-28,48-18-13-36-14-19-48)29(27-7-2-5-20-53-27)51(32-41-22-26-31(46-32)44-24-43-26)52(35)33-42-21-25-30(47-33)40-12-11-38-25/h2,5,7,9-12,20-24,27,29,36,45H,1,3-4,6,8,13-19H2,(H,41,43,44,46). The third kappa shape index (κ3) is 4.93. The number of ether oxygens (including phenoxy) is 1. The van der Waals surface area contributed by atoms with Crippen molar-refractivity contribution in [3.8, 4) is 0 Å². The molecule has 5 aliphatic heterocycles. The van der Waals surface area contributed by atoms with Crippen LogP contribution in [0, 0.1) is 0 Å². The summed E-state index contributed by atoms with van der Waals surface area (Å²) >= 11 is 0. The minimum atomic E-state index is -1.08. The molecule has 4 fully saturated rings. The zero-order chi connectivity index (χ0) is 35.2. The summed E-state index contributed by atoms with van der Waals surface area (Å²) in [6.45, 7) is 6.22. The average Bonchev–Trinajstić information content (AvgIpc) is 4.00. The molecule has 18 heteroatoms. The van der Waals surface area contributed by atoms with Crippen LogP contribution in [0.5, 0.6) is 0 Å². The van der Waals surface area contributed by atoms with E-state index in [1.54, 1.807) is 49.8 Å². The number of fused-ring (bicyclic) bond motifs is 2. The Morgan fingerprint density at radius 1 is 0.717 bits per heavy atom. The number of likely N-dealkylation sites (tertiary alicyclic amines) is 1. The molecule has 0 spiro atoms. The van der Waals surface area contributed by atoms with E-state index in [1.165, 1.54) is 0 Å². The molecule has 0 radical (unpaired) electrons. The van der Waals surface area contributed by atoms with Gasteiger partial charge in [0.1, 0.15) is 28.7 Å². The maximum absolute atomic E-state index is 6.73. The number of piperazine rings is 1. The molecule has 0 amide bonds. The molecule has 0 aromatic carbocycles.